The molecule has 0 unspecified atom stereocenters. The first-order chi connectivity index (χ1) is 16.6. The molecule has 2 aromatic heterocycles. The number of amides is 1. The van der Waals surface area contributed by atoms with Crippen LogP contribution in [0.4, 0.5) is 5.95 Å². The topological polar surface area (TPSA) is 87.3 Å². The predicted molar refractivity (Wildman–Crippen MR) is 135 cm³/mol. The minimum atomic E-state index is -0.170. The molecule has 1 aliphatic rings. The summed E-state index contributed by atoms with van der Waals surface area (Å²) in [4.78, 5) is 35.5. The van der Waals surface area contributed by atoms with E-state index in [0.29, 0.717) is 29.3 Å². The van der Waals surface area contributed by atoms with Gasteiger partial charge in [0.25, 0.3) is 5.56 Å². The third-order valence-electron chi connectivity index (χ3n) is 6.19. The van der Waals surface area contributed by atoms with E-state index in [1.165, 1.54) is 11.3 Å². The van der Waals surface area contributed by atoms with E-state index in [0.717, 1.165) is 41.8 Å². The van der Waals surface area contributed by atoms with E-state index >= 15 is 0 Å². The van der Waals surface area contributed by atoms with Crippen molar-refractivity contribution < 1.29 is 9.53 Å². The highest BCUT2D eigenvalue weighted by atomic mass is 32.1. The summed E-state index contributed by atoms with van der Waals surface area (Å²) in [5, 5.41) is 5.03. The summed E-state index contributed by atoms with van der Waals surface area (Å²) in [6.07, 6.45) is 1.66. The predicted octanol–water partition coefficient (Wildman–Crippen LogP) is 4.19. The fourth-order valence-electron chi connectivity index (χ4n) is 4.39. The van der Waals surface area contributed by atoms with Gasteiger partial charge < -0.3 is 15.0 Å². The summed E-state index contributed by atoms with van der Waals surface area (Å²) in [6, 6.07) is 17.6. The Bertz CT molecular complexity index is 1370. The van der Waals surface area contributed by atoms with Crippen molar-refractivity contribution >= 4 is 33.4 Å². The zero-order valence-corrected chi connectivity index (χ0v) is 19.7. The highest BCUT2D eigenvalue weighted by Gasteiger charge is 2.27. The molecule has 1 aliphatic heterocycles. The van der Waals surface area contributed by atoms with E-state index in [1.54, 1.807) is 7.11 Å². The zero-order valence-electron chi connectivity index (χ0n) is 18.9. The first-order valence-electron chi connectivity index (χ1n) is 11.3. The third-order valence-corrected chi connectivity index (χ3v) is 7.16. The zero-order chi connectivity index (χ0) is 23.5. The first kappa shape index (κ1) is 22.2. The van der Waals surface area contributed by atoms with E-state index in [2.05, 4.69) is 10.3 Å². The molecule has 174 valence electrons. The van der Waals surface area contributed by atoms with Crippen molar-refractivity contribution in [2.45, 2.75) is 19.4 Å². The Balaban J connectivity index is 1.33. The molecule has 1 saturated heterocycles. The van der Waals surface area contributed by atoms with Gasteiger partial charge in [0.05, 0.1) is 18.5 Å². The maximum absolute atomic E-state index is 12.9. The molecule has 0 aliphatic carbocycles. The lowest BCUT2D eigenvalue weighted by Crippen LogP contribution is -2.44. The van der Waals surface area contributed by atoms with Crippen molar-refractivity contribution in [3.05, 3.63) is 75.9 Å². The molecule has 1 amide bonds. The SMILES string of the molecule is COc1cccc(CNC(=O)[C@@H]2CCCN(c3nc4c(-c5ccccc5)csc4c(=O)[nH]3)C2)c1. The average molecular weight is 475 g/mol. The van der Waals surface area contributed by atoms with Gasteiger partial charge in [-0.1, -0.05) is 42.5 Å². The summed E-state index contributed by atoms with van der Waals surface area (Å²) >= 11 is 1.41. The Labute approximate surface area is 201 Å². The summed E-state index contributed by atoms with van der Waals surface area (Å²) in [5.41, 5.74) is 3.54. The summed E-state index contributed by atoms with van der Waals surface area (Å²) < 4.78 is 5.88. The van der Waals surface area contributed by atoms with Crippen LogP contribution in [-0.4, -0.2) is 36.1 Å². The van der Waals surface area contributed by atoms with Crippen LogP contribution in [0.1, 0.15) is 18.4 Å². The molecule has 1 atom stereocenters. The van der Waals surface area contributed by atoms with E-state index in [1.807, 2.05) is 64.9 Å². The number of thiophene rings is 1. The summed E-state index contributed by atoms with van der Waals surface area (Å²) in [6.45, 7) is 1.71. The lowest BCUT2D eigenvalue weighted by Gasteiger charge is -2.32. The third kappa shape index (κ3) is 4.54. The van der Waals surface area contributed by atoms with E-state index < -0.39 is 0 Å². The summed E-state index contributed by atoms with van der Waals surface area (Å²) in [7, 11) is 1.63. The van der Waals surface area contributed by atoms with Gasteiger partial charge in [-0.15, -0.1) is 11.3 Å². The monoisotopic (exact) mass is 474 g/mol. The number of fused-ring (bicyclic) bond motifs is 1. The molecule has 4 aromatic rings. The van der Waals surface area contributed by atoms with Crippen molar-refractivity contribution in [3.8, 4) is 16.9 Å². The number of aromatic amines is 1. The molecule has 0 bridgehead atoms. The number of rotatable bonds is 6. The van der Waals surface area contributed by atoms with Gasteiger partial charge in [-0.05, 0) is 36.1 Å². The molecule has 8 heteroatoms. The van der Waals surface area contributed by atoms with Crippen molar-refractivity contribution in [2.24, 2.45) is 5.92 Å². The molecule has 1 fully saturated rings. The normalized spacial score (nSPS) is 15.9. The fraction of sp³-hybridized carbons (Fsp3) is 0.269. The lowest BCUT2D eigenvalue weighted by atomic mass is 9.97. The molecular formula is C26H26N4O3S. The number of hydrogen-bond donors (Lipinski definition) is 2. The number of piperidine rings is 1. The Kier molecular flexibility index (Phi) is 6.31. The van der Waals surface area contributed by atoms with Gasteiger partial charge in [-0.3, -0.25) is 14.6 Å². The molecule has 2 aromatic carbocycles. The number of anilines is 1. The minimum absolute atomic E-state index is 0.0106. The van der Waals surface area contributed by atoms with Gasteiger partial charge in [0.1, 0.15) is 10.4 Å². The Morgan fingerprint density at radius 2 is 2.09 bits per heavy atom. The van der Waals surface area contributed by atoms with Crippen LogP contribution < -0.4 is 20.5 Å². The van der Waals surface area contributed by atoms with Gasteiger partial charge in [0.2, 0.25) is 11.9 Å². The largest absolute Gasteiger partial charge is 0.497 e. The van der Waals surface area contributed by atoms with Crippen LogP contribution >= 0.6 is 11.3 Å². The second-order valence-electron chi connectivity index (χ2n) is 8.44. The quantitative estimate of drug-likeness (QED) is 0.438. The Morgan fingerprint density at radius 3 is 2.91 bits per heavy atom. The van der Waals surface area contributed by atoms with Crippen molar-refractivity contribution in [3.63, 3.8) is 0 Å². The number of aromatic nitrogens is 2. The van der Waals surface area contributed by atoms with Crippen molar-refractivity contribution in [1.29, 1.82) is 0 Å². The number of nitrogens with zero attached hydrogens (tertiary/aromatic N) is 2. The fourth-order valence-corrected chi connectivity index (χ4v) is 5.30. The van der Waals surface area contributed by atoms with Crippen LogP contribution in [0.25, 0.3) is 21.3 Å². The maximum atomic E-state index is 12.9. The van der Waals surface area contributed by atoms with Crippen LogP contribution in [-0.2, 0) is 11.3 Å². The van der Waals surface area contributed by atoms with Crippen LogP contribution in [0, 0.1) is 5.92 Å². The number of H-pyrrole nitrogens is 1. The number of carbonyl (C=O) groups is 1. The Morgan fingerprint density at radius 1 is 1.24 bits per heavy atom. The number of methoxy groups -OCH3 is 1. The number of hydrogen-bond acceptors (Lipinski definition) is 6. The van der Waals surface area contributed by atoms with Crippen molar-refractivity contribution in [2.75, 3.05) is 25.1 Å². The minimum Gasteiger partial charge on any atom is -0.497 e. The average Bonchev–Trinajstić information content (AvgIpc) is 3.33. The number of carbonyl (C=O) groups excluding carboxylic acids is 1. The van der Waals surface area contributed by atoms with E-state index in [-0.39, 0.29) is 17.4 Å². The van der Waals surface area contributed by atoms with E-state index in [4.69, 9.17) is 9.72 Å². The number of nitrogens with one attached hydrogen (secondary N) is 2. The smallest absolute Gasteiger partial charge is 0.270 e. The highest BCUT2D eigenvalue weighted by molar-refractivity contribution is 7.17. The Hall–Kier alpha value is -3.65. The molecule has 0 saturated carbocycles. The molecule has 5 rings (SSSR count). The molecule has 3 heterocycles. The summed E-state index contributed by atoms with van der Waals surface area (Å²) in [5.74, 6) is 1.13. The number of ether oxygens (including phenoxy) is 1. The van der Waals surface area contributed by atoms with Gasteiger partial charge in [0.15, 0.2) is 0 Å². The van der Waals surface area contributed by atoms with Crippen molar-refractivity contribution in [1.82, 2.24) is 15.3 Å². The molecule has 34 heavy (non-hydrogen) atoms. The highest BCUT2D eigenvalue weighted by Crippen LogP contribution is 2.32. The van der Waals surface area contributed by atoms with Crippen LogP contribution in [0.2, 0.25) is 0 Å². The van der Waals surface area contributed by atoms with Crippen LogP contribution in [0.5, 0.6) is 5.75 Å². The molecule has 2 N–H and O–H groups in total. The van der Waals surface area contributed by atoms with Crippen LogP contribution in [0.15, 0.2) is 64.8 Å². The molecule has 0 radical (unpaired) electrons. The van der Waals surface area contributed by atoms with Gasteiger partial charge in [-0.25, -0.2) is 4.98 Å². The lowest BCUT2D eigenvalue weighted by molar-refractivity contribution is -0.125. The second-order valence-corrected chi connectivity index (χ2v) is 9.32. The van der Waals surface area contributed by atoms with Gasteiger partial charge >= 0.3 is 0 Å². The standard InChI is InChI=1S/C26H26N4O3S/c1-33-20-11-5-7-17(13-20)14-27-24(31)19-10-6-12-30(15-19)26-28-22-21(18-8-3-2-4-9-18)16-34-23(22)25(32)29-26/h2-5,7-9,11,13,16,19H,6,10,12,14-15H2,1H3,(H,27,31)(H,28,29,32)/t19-/m1/s1. The number of benzene rings is 2. The van der Waals surface area contributed by atoms with E-state index in [9.17, 15) is 9.59 Å². The molecule has 0 spiro atoms. The maximum Gasteiger partial charge on any atom is 0.270 e. The molecule has 7 nitrogen and oxygen atoms in total. The second kappa shape index (κ2) is 9.69. The molecular weight excluding hydrogens is 448 g/mol. The van der Waals surface area contributed by atoms with Gasteiger partial charge in [-0.2, -0.15) is 0 Å². The van der Waals surface area contributed by atoms with Gasteiger partial charge in [0, 0.05) is 30.6 Å². The first-order valence-corrected chi connectivity index (χ1v) is 12.2. The van der Waals surface area contributed by atoms with Crippen LogP contribution in [0.3, 0.4) is 0 Å².